The second-order valence-corrected chi connectivity index (χ2v) is 4.69. The van der Waals surface area contributed by atoms with Crippen LogP contribution in [0.5, 0.6) is 0 Å². The Morgan fingerprint density at radius 3 is 2.17 bits per heavy atom. The summed E-state index contributed by atoms with van der Waals surface area (Å²) < 4.78 is 2.09. The molecule has 0 bridgehead atoms. The van der Waals surface area contributed by atoms with Crippen LogP contribution in [0, 0.1) is 6.92 Å². The zero-order chi connectivity index (χ0) is 9.14. The van der Waals surface area contributed by atoms with Crippen LogP contribution in [0.4, 0.5) is 0 Å². The van der Waals surface area contributed by atoms with Gasteiger partial charge in [-0.1, -0.05) is 31.9 Å². The molecule has 0 nitrogen and oxygen atoms in total. The van der Waals surface area contributed by atoms with Gasteiger partial charge in [-0.25, -0.2) is 0 Å². The van der Waals surface area contributed by atoms with Gasteiger partial charge in [0, 0.05) is 14.8 Å². The first-order valence-electron chi connectivity index (χ1n) is 3.48. The SMILES string of the molecule is [CH2]C(CCl)c1cc(Br)cc(Br)c1. The third kappa shape index (κ3) is 2.75. The molecule has 1 aromatic carbocycles. The molecule has 1 rings (SSSR count). The van der Waals surface area contributed by atoms with Crippen molar-refractivity contribution in [3.05, 3.63) is 39.6 Å². The fourth-order valence-electron chi connectivity index (χ4n) is 0.900. The van der Waals surface area contributed by atoms with Crippen molar-refractivity contribution in [1.29, 1.82) is 0 Å². The lowest BCUT2D eigenvalue weighted by Gasteiger charge is -2.08. The van der Waals surface area contributed by atoms with E-state index in [0.717, 1.165) is 14.5 Å². The van der Waals surface area contributed by atoms with E-state index in [9.17, 15) is 0 Å². The van der Waals surface area contributed by atoms with Gasteiger partial charge in [-0.05, 0) is 36.6 Å². The Kier molecular flexibility index (Phi) is 4.08. The summed E-state index contributed by atoms with van der Waals surface area (Å²) in [5, 5.41) is 0. The molecule has 0 amide bonds. The highest BCUT2D eigenvalue weighted by Gasteiger charge is 2.05. The average molecular weight is 311 g/mol. The Hall–Kier alpha value is 0.470. The predicted octanol–water partition coefficient (Wildman–Crippen LogP) is 4.37. The lowest BCUT2D eigenvalue weighted by atomic mass is 10.0. The summed E-state index contributed by atoms with van der Waals surface area (Å²) in [6.45, 7) is 3.94. The Labute approximate surface area is 94.6 Å². The first kappa shape index (κ1) is 10.6. The molecule has 0 fully saturated rings. The number of halogens is 3. The summed E-state index contributed by atoms with van der Waals surface area (Å²) in [7, 11) is 0. The highest BCUT2D eigenvalue weighted by Crippen LogP contribution is 2.25. The smallest absolute Gasteiger partial charge is 0.0292 e. The van der Waals surface area contributed by atoms with Crippen LogP contribution in [0.1, 0.15) is 11.5 Å². The van der Waals surface area contributed by atoms with Crippen LogP contribution >= 0.6 is 43.5 Å². The number of rotatable bonds is 2. The van der Waals surface area contributed by atoms with E-state index in [0.29, 0.717) is 5.88 Å². The number of hydrogen-bond donors (Lipinski definition) is 0. The van der Waals surface area contributed by atoms with Gasteiger partial charge in [0.05, 0.1) is 0 Å². The van der Waals surface area contributed by atoms with Crippen LogP contribution in [0.25, 0.3) is 0 Å². The molecule has 0 aromatic heterocycles. The second-order valence-electron chi connectivity index (χ2n) is 2.55. The second kappa shape index (κ2) is 4.64. The fourth-order valence-corrected chi connectivity index (χ4v) is 2.41. The topological polar surface area (TPSA) is 0 Å². The molecule has 65 valence electrons. The molecule has 1 atom stereocenters. The highest BCUT2D eigenvalue weighted by molar-refractivity contribution is 9.11. The van der Waals surface area contributed by atoms with Crippen molar-refractivity contribution in [2.24, 2.45) is 0 Å². The molecule has 0 spiro atoms. The van der Waals surface area contributed by atoms with Crippen LogP contribution in [-0.4, -0.2) is 5.88 Å². The van der Waals surface area contributed by atoms with Crippen molar-refractivity contribution >= 4 is 43.5 Å². The largest absolute Gasteiger partial charge is 0.126 e. The molecule has 12 heavy (non-hydrogen) atoms. The molecule has 0 aliphatic carbocycles. The van der Waals surface area contributed by atoms with E-state index in [-0.39, 0.29) is 5.92 Å². The van der Waals surface area contributed by atoms with Crippen molar-refractivity contribution in [2.45, 2.75) is 5.92 Å². The van der Waals surface area contributed by atoms with Crippen molar-refractivity contribution < 1.29 is 0 Å². The first-order chi connectivity index (χ1) is 5.63. The van der Waals surface area contributed by atoms with Gasteiger partial charge < -0.3 is 0 Å². The Bertz CT molecular complexity index is 253. The summed E-state index contributed by atoms with van der Waals surface area (Å²) in [6, 6.07) is 6.06. The van der Waals surface area contributed by atoms with Gasteiger partial charge in [0.1, 0.15) is 0 Å². The molecule has 0 heterocycles. The third-order valence-corrected chi connectivity index (χ3v) is 2.83. The average Bonchev–Trinajstić information content (AvgIpc) is 2.01. The Balaban J connectivity index is 3.00. The number of alkyl halides is 1. The summed E-state index contributed by atoms with van der Waals surface area (Å²) >= 11 is 12.5. The third-order valence-electron chi connectivity index (χ3n) is 1.54. The maximum absolute atomic E-state index is 5.70. The molecule has 1 unspecified atom stereocenters. The van der Waals surface area contributed by atoms with Crippen LogP contribution in [0.3, 0.4) is 0 Å². The highest BCUT2D eigenvalue weighted by atomic mass is 79.9. The fraction of sp³-hybridized carbons (Fsp3) is 0.222. The van der Waals surface area contributed by atoms with Gasteiger partial charge in [0.25, 0.3) is 0 Å². The van der Waals surface area contributed by atoms with E-state index in [1.165, 1.54) is 0 Å². The normalized spacial score (nSPS) is 13.0. The van der Waals surface area contributed by atoms with Gasteiger partial charge in [-0.3, -0.25) is 0 Å². The standard InChI is InChI=1S/C9H8Br2Cl/c1-6(5-12)7-2-8(10)4-9(11)3-7/h2-4,6H,1,5H2. The van der Waals surface area contributed by atoms with E-state index in [4.69, 9.17) is 11.6 Å². The van der Waals surface area contributed by atoms with Gasteiger partial charge in [0.2, 0.25) is 0 Å². The molecule has 0 N–H and O–H groups in total. The molecule has 0 aliphatic heterocycles. The van der Waals surface area contributed by atoms with Gasteiger partial charge in [-0.15, -0.1) is 11.6 Å². The summed E-state index contributed by atoms with van der Waals surface area (Å²) in [5.74, 6) is 0.698. The molecule has 0 saturated carbocycles. The van der Waals surface area contributed by atoms with Gasteiger partial charge in [-0.2, -0.15) is 0 Å². The van der Waals surface area contributed by atoms with Crippen molar-refractivity contribution in [3.8, 4) is 0 Å². The molecule has 1 radical (unpaired) electrons. The monoisotopic (exact) mass is 309 g/mol. The summed E-state index contributed by atoms with van der Waals surface area (Å²) in [4.78, 5) is 0. The minimum atomic E-state index is 0.153. The first-order valence-corrected chi connectivity index (χ1v) is 5.60. The maximum Gasteiger partial charge on any atom is 0.0292 e. The minimum Gasteiger partial charge on any atom is -0.126 e. The quantitative estimate of drug-likeness (QED) is 0.712. The van der Waals surface area contributed by atoms with Gasteiger partial charge in [0.15, 0.2) is 0 Å². The predicted molar refractivity (Wildman–Crippen MR) is 60.7 cm³/mol. The lowest BCUT2D eigenvalue weighted by Crippen LogP contribution is -1.94. The Morgan fingerprint density at radius 2 is 1.75 bits per heavy atom. The van der Waals surface area contributed by atoms with Crippen LogP contribution in [0.2, 0.25) is 0 Å². The number of benzene rings is 1. The van der Waals surface area contributed by atoms with E-state index < -0.39 is 0 Å². The molecular formula is C9H8Br2Cl. The van der Waals surface area contributed by atoms with Crippen LogP contribution < -0.4 is 0 Å². The lowest BCUT2D eigenvalue weighted by molar-refractivity contribution is 0.970. The minimum absolute atomic E-state index is 0.153. The number of hydrogen-bond acceptors (Lipinski definition) is 0. The van der Waals surface area contributed by atoms with E-state index >= 15 is 0 Å². The molecular weight excluding hydrogens is 303 g/mol. The summed E-state index contributed by atoms with van der Waals surface area (Å²) in [6.07, 6.45) is 0. The molecule has 3 heteroatoms. The van der Waals surface area contributed by atoms with Crippen molar-refractivity contribution in [3.63, 3.8) is 0 Å². The molecule has 0 saturated heterocycles. The zero-order valence-electron chi connectivity index (χ0n) is 6.36. The summed E-state index contributed by atoms with van der Waals surface area (Å²) in [5.41, 5.74) is 1.14. The molecule has 0 aliphatic rings. The zero-order valence-corrected chi connectivity index (χ0v) is 10.3. The van der Waals surface area contributed by atoms with Crippen molar-refractivity contribution in [1.82, 2.24) is 0 Å². The van der Waals surface area contributed by atoms with Crippen LogP contribution in [-0.2, 0) is 0 Å². The maximum atomic E-state index is 5.70. The molecule has 1 aromatic rings. The van der Waals surface area contributed by atoms with E-state index in [2.05, 4.69) is 38.8 Å². The van der Waals surface area contributed by atoms with Gasteiger partial charge >= 0.3 is 0 Å². The van der Waals surface area contributed by atoms with Crippen molar-refractivity contribution in [2.75, 3.05) is 5.88 Å². The van der Waals surface area contributed by atoms with E-state index in [1.54, 1.807) is 0 Å². The van der Waals surface area contributed by atoms with E-state index in [1.807, 2.05) is 18.2 Å². The van der Waals surface area contributed by atoms with Crippen LogP contribution in [0.15, 0.2) is 27.1 Å². The Morgan fingerprint density at radius 1 is 1.25 bits per heavy atom.